The predicted molar refractivity (Wildman–Crippen MR) is 114 cm³/mol. The van der Waals surface area contributed by atoms with E-state index in [9.17, 15) is 4.79 Å². The molecular formula is C22H34N4O2. The van der Waals surface area contributed by atoms with Crippen LogP contribution < -0.4 is 15.4 Å². The molecule has 6 nitrogen and oxygen atoms in total. The Morgan fingerprint density at radius 2 is 2.04 bits per heavy atom. The third kappa shape index (κ3) is 4.97. The molecular weight excluding hydrogens is 352 g/mol. The molecule has 2 aliphatic rings. The van der Waals surface area contributed by atoms with Crippen LogP contribution in [0, 0.1) is 5.41 Å². The molecule has 2 N–H and O–H groups in total. The van der Waals surface area contributed by atoms with Crippen LogP contribution in [-0.4, -0.2) is 43.5 Å². The molecule has 1 heterocycles. The van der Waals surface area contributed by atoms with Crippen LogP contribution in [0.15, 0.2) is 23.2 Å². The fourth-order valence-electron chi connectivity index (χ4n) is 4.56. The van der Waals surface area contributed by atoms with Gasteiger partial charge in [0.05, 0.1) is 19.3 Å². The number of carbonyl (C=O) groups excluding carboxylic acids is 1. The molecule has 0 atom stereocenters. The molecule has 28 heavy (non-hydrogen) atoms. The first kappa shape index (κ1) is 20.5. The van der Waals surface area contributed by atoms with Crippen LogP contribution in [0.5, 0.6) is 5.75 Å². The van der Waals surface area contributed by atoms with Gasteiger partial charge in [-0.3, -0.25) is 4.79 Å². The number of amides is 1. The minimum absolute atomic E-state index is 0.109. The summed E-state index contributed by atoms with van der Waals surface area (Å²) in [5, 5.41) is 6.30. The van der Waals surface area contributed by atoms with Crippen molar-refractivity contribution in [1.29, 1.82) is 0 Å². The zero-order valence-electron chi connectivity index (χ0n) is 17.5. The number of nitrogens with zero attached hydrogens (tertiary/aromatic N) is 2. The summed E-state index contributed by atoms with van der Waals surface area (Å²) in [5.74, 6) is 1.55. The van der Waals surface area contributed by atoms with Gasteiger partial charge in [-0.25, -0.2) is 4.99 Å². The highest BCUT2D eigenvalue weighted by Gasteiger charge is 2.39. The van der Waals surface area contributed by atoms with E-state index in [4.69, 9.17) is 9.73 Å². The Morgan fingerprint density at radius 1 is 1.25 bits per heavy atom. The third-order valence-corrected chi connectivity index (χ3v) is 5.97. The van der Waals surface area contributed by atoms with Gasteiger partial charge in [-0.05, 0) is 49.3 Å². The molecule has 3 rings (SSSR count). The average molecular weight is 387 g/mol. The van der Waals surface area contributed by atoms with Crippen molar-refractivity contribution in [2.24, 2.45) is 10.4 Å². The number of guanidine groups is 1. The second-order valence-electron chi connectivity index (χ2n) is 8.12. The molecule has 154 valence electrons. The van der Waals surface area contributed by atoms with E-state index in [1.807, 2.05) is 18.2 Å². The van der Waals surface area contributed by atoms with Crippen LogP contribution in [0.25, 0.3) is 0 Å². The molecule has 1 saturated heterocycles. The molecule has 0 unspecified atom stereocenters. The Morgan fingerprint density at radius 3 is 2.71 bits per heavy atom. The van der Waals surface area contributed by atoms with Crippen molar-refractivity contribution in [3.8, 4) is 5.75 Å². The number of aliphatic imine (C=N–C) groups is 1. The van der Waals surface area contributed by atoms with Gasteiger partial charge in [0.15, 0.2) is 5.96 Å². The van der Waals surface area contributed by atoms with Crippen molar-refractivity contribution in [3.63, 3.8) is 0 Å². The molecule has 1 saturated carbocycles. The van der Waals surface area contributed by atoms with E-state index in [0.29, 0.717) is 23.4 Å². The van der Waals surface area contributed by atoms with Crippen molar-refractivity contribution in [2.45, 2.75) is 58.9 Å². The fraction of sp³-hybridized carbons (Fsp3) is 0.636. The summed E-state index contributed by atoms with van der Waals surface area (Å²) in [6.07, 6.45) is 8.15. The topological polar surface area (TPSA) is 66.0 Å². The zero-order chi connectivity index (χ0) is 20.0. The van der Waals surface area contributed by atoms with Gasteiger partial charge in [0.25, 0.3) is 0 Å². The van der Waals surface area contributed by atoms with E-state index >= 15 is 0 Å². The largest absolute Gasteiger partial charge is 0.495 e. The van der Waals surface area contributed by atoms with Gasteiger partial charge < -0.3 is 20.3 Å². The van der Waals surface area contributed by atoms with Crippen LogP contribution >= 0.6 is 0 Å². The summed E-state index contributed by atoms with van der Waals surface area (Å²) < 4.78 is 5.34. The molecule has 0 bridgehead atoms. The number of hydrogen-bond donors (Lipinski definition) is 2. The van der Waals surface area contributed by atoms with E-state index < -0.39 is 0 Å². The molecule has 0 radical (unpaired) electrons. The lowest BCUT2D eigenvalue weighted by Crippen LogP contribution is -2.41. The summed E-state index contributed by atoms with van der Waals surface area (Å²) in [4.78, 5) is 18.8. The Labute approximate surface area is 168 Å². The molecule has 1 aliphatic heterocycles. The maximum Gasteiger partial charge on any atom is 0.221 e. The van der Waals surface area contributed by atoms with Gasteiger partial charge in [0, 0.05) is 26.6 Å². The van der Waals surface area contributed by atoms with E-state index in [0.717, 1.165) is 31.2 Å². The van der Waals surface area contributed by atoms with Gasteiger partial charge in [0.2, 0.25) is 5.91 Å². The smallest absolute Gasteiger partial charge is 0.221 e. The summed E-state index contributed by atoms with van der Waals surface area (Å²) in [6, 6.07) is 5.83. The van der Waals surface area contributed by atoms with Crippen molar-refractivity contribution in [1.82, 2.24) is 10.2 Å². The van der Waals surface area contributed by atoms with Gasteiger partial charge in [-0.2, -0.15) is 0 Å². The number of ether oxygens (including phenoxy) is 1. The number of rotatable bonds is 5. The normalized spacial score (nSPS) is 19.0. The third-order valence-electron chi connectivity index (χ3n) is 5.97. The number of nitrogens with one attached hydrogen (secondary N) is 2. The maximum absolute atomic E-state index is 11.5. The second-order valence-corrected chi connectivity index (χ2v) is 8.12. The first-order chi connectivity index (χ1) is 13.5. The maximum atomic E-state index is 11.5. The number of likely N-dealkylation sites (tertiary alicyclic amines) is 1. The summed E-state index contributed by atoms with van der Waals surface area (Å²) in [6.45, 7) is 7.26. The summed E-state index contributed by atoms with van der Waals surface area (Å²) >= 11 is 0. The lowest BCUT2D eigenvalue weighted by atomic mass is 9.73. The molecule has 0 aromatic heterocycles. The van der Waals surface area contributed by atoms with Gasteiger partial charge in [0.1, 0.15) is 5.75 Å². The minimum Gasteiger partial charge on any atom is -0.495 e. The highest BCUT2D eigenvalue weighted by Crippen LogP contribution is 2.43. The Bertz CT molecular complexity index is 710. The first-order valence-electron chi connectivity index (χ1n) is 10.5. The second kappa shape index (κ2) is 9.30. The van der Waals surface area contributed by atoms with E-state index in [1.54, 1.807) is 7.11 Å². The highest BCUT2D eigenvalue weighted by atomic mass is 16.5. The average Bonchev–Trinajstić information content (AvgIpc) is 3.08. The lowest BCUT2D eigenvalue weighted by Gasteiger charge is -2.33. The van der Waals surface area contributed by atoms with Crippen molar-refractivity contribution in [2.75, 3.05) is 32.1 Å². The Balaban J connectivity index is 1.71. The molecule has 1 aliphatic carbocycles. The number of anilines is 1. The summed E-state index contributed by atoms with van der Waals surface area (Å²) in [5.41, 5.74) is 2.24. The number of carbonyl (C=O) groups is 1. The summed E-state index contributed by atoms with van der Waals surface area (Å²) in [7, 11) is 1.61. The van der Waals surface area contributed by atoms with E-state index in [1.165, 1.54) is 45.4 Å². The first-order valence-corrected chi connectivity index (χ1v) is 10.5. The monoisotopic (exact) mass is 386 g/mol. The predicted octanol–water partition coefficient (Wildman–Crippen LogP) is 3.78. The van der Waals surface area contributed by atoms with Gasteiger partial charge in [-0.1, -0.05) is 25.3 Å². The molecule has 6 heteroatoms. The van der Waals surface area contributed by atoms with Gasteiger partial charge >= 0.3 is 0 Å². The number of benzene rings is 1. The Kier molecular flexibility index (Phi) is 6.81. The van der Waals surface area contributed by atoms with Crippen LogP contribution in [0.3, 0.4) is 0 Å². The van der Waals surface area contributed by atoms with Crippen LogP contribution in [0.1, 0.15) is 57.9 Å². The molecule has 1 spiro atoms. The Hall–Kier alpha value is -2.24. The van der Waals surface area contributed by atoms with Crippen LogP contribution in [0.2, 0.25) is 0 Å². The zero-order valence-corrected chi connectivity index (χ0v) is 17.5. The van der Waals surface area contributed by atoms with Crippen molar-refractivity contribution in [3.05, 3.63) is 23.8 Å². The van der Waals surface area contributed by atoms with Crippen LogP contribution in [-0.2, 0) is 11.3 Å². The molecule has 1 amide bonds. The molecule has 1 aromatic rings. The quantitative estimate of drug-likeness (QED) is 0.597. The van der Waals surface area contributed by atoms with Crippen molar-refractivity contribution < 1.29 is 9.53 Å². The van der Waals surface area contributed by atoms with Gasteiger partial charge in [-0.15, -0.1) is 0 Å². The SMILES string of the molecule is CCNC(=NCc1ccc(OC)c(NC(C)=O)c1)N1CCC2(CCCCC2)C1. The highest BCUT2D eigenvalue weighted by molar-refractivity contribution is 5.90. The minimum atomic E-state index is -0.109. The molecule has 2 fully saturated rings. The number of hydrogen-bond acceptors (Lipinski definition) is 3. The standard InChI is InChI=1S/C22H34N4O2/c1-4-23-21(26-13-12-22(16-26)10-6-5-7-11-22)24-15-18-8-9-20(28-3)19(14-18)25-17(2)27/h8-9,14H,4-7,10-13,15-16H2,1-3H3,(H,23,24)(H,25,27). The van der Waals surface area contributed by atoms with E-state index in [2.05, 4.69) is 22.5 Å². The van der Waals surface area contributed by atoms with Crippen molar-refractivity contribution >= 4 is 17.6 Å². The van der Waals surface area contributed by atoms with Crippen LogP contribution in [0.4, 0.5) is 5.69 Å². The van der Waals surface area contributed by atoms with E-state index in [-0.39, 0.29) is 5.91 Å². The fourth-order valence-corrected chi connectivity index (χ4v) is 4.56. The molecule has 1 aromatic carbocycles. The number of methoxy groups -OCH3 is 1. The lowest BCUT2D eigenvalue weighted by molar-refractivity contribution is -0.114.